The van der Waals surface area contributed by atoms with Crippen LogP contribution in [0.15, 0.2) is 83.4 Å². The van der Waals surface area contributed by atoms with E-state index in [0.717, 1.165) is 12.5 Å². The number of benzene rings is 3. The van der Waals surface area contributed by atoms with E-state index in [4.69, 9.17) is 21.3 Å². The number of imide groups is 1. The summed E-state index contributed by atoms with van der Waals surface area (Å²) in [6, 6.07) is 17.3. The Morgan fingerprint density at radius 2 is 1.64 bits per heavy atom. The Morgan fingerprint density at radius 1 is 0.957 bits per heavy atom. The van der Waals surface area contributed by atoms with Crippen molar-refractivity contribution < 1.29 is 28.8 Å². The van der Waals surface area contributed by atoms with Gasteiger partial charge in [0.2, 0.25) is 17.6 Å². The summed E-state index contributed by atoms with van der Waals surface area (Å²) in [6.07, 6.45) is 5.38. The van der Waals surface area contributed by atoms with Crippen molar-refractivity contribution in [3.63, 3.8) is 0 Å². The Kier molecular flexibility index (Phi) is 6.89. The van der Waals surface area contributed by atoms with Crippen LogP contribution in [0.4, 0.5) is 11.4 Å². The minimum absolute atomic E-state index is 0.0213. The molecule has 6 atom stereocenters. The molecule has 3 aromatic carbocycles. The van der Waals surface area contributed by atoms with Crippen LogP contribution in [-0.4, -0.2) is 40.1 Å². The van der Waals surface area contributed by atoms with E-state index in [1.165, 1.54) is 17.0 Å². The lowest BCUT2D eigenvalue weighted by Gasteiger charge is -2.37. The number of amides is 2. The third-order valence-corrected chi connectivity index (χ3v) is 10.7. The zero-order valence-electron chi connectivity index (χ0n) is 24.3. The summed E-state index contributed by atoms with van der Waals surface area (Å²) in [6.45, 7) is -0.655. The Morgan fingerprint density at radius 3 is 2.30 bits per heavy atom. The van der Waals surface area contributed by atoms with Gasteiger partial charge in [-0.05, 0) is 78.6 Å². The maximum atomic E-state index is 13.6. The molecule has 2 bridgehead atoms. The van der Waals surface area contributed by atoms with Crippen LogP contribution >= 0.6 is 27.5 Å². The van der Waals surface area contributed by atoms with Gasteiger partial charge in [-0.3, -0.25) is 29.4 Å². The fourth-order valence-corrected chi connectivity index (χ4v) is 8.17. The quantitative estimate of drug-likeness (QED) is 0.0508. The smallest absolute Gasteiger partial charge is 0.339 e. The van der Waals surface area contributed by atoms with Gasteiger partial charge in [0, 0.05) is 27.1 Å². The molecule has 2 saturated carbocycles. The Bertz CT molecular complexity index is 2080. The Hall–Kier alpha value is -4.74. The highest BCUT2D eigenvalue weighted by atomic mass is 79.9. The van der Waals surface area contributed by atoms with E-state index in [-0.39, 0.29) is 51.6 Å². The molecule has 0 spiro atoms. The number of rotatable bonds is 7. The van der Waals surface area contributed by atoms with Crippen LogP contribution in [-0.2, 0) is 14.3 Å². The van der Waals surface area contributed by atoms with E-state index in [1.807, 2.05) is 0 Å². The van der Waals surface area contributed by atoms with Crippen LogP contribution in [0.2, 0.25) is 5.02 Å². The summed E-state index contributed by atoms with van der Waals surface area (Å²) in [4.78, 5) is 69.9. The second-order valence-corrected chi connectivity index (χ2v) is 13.7. The van der Waals surface area contributed by atoms with Gasteiger partial charge in [0.05, 0.1) is 39.2 Å². The number of pyridine rings is 1. The molecular weight excluding hydrogens is 690 g/mol. The number of ether oxygens (including phenoxy) is 1. The predicted molar refractivity (Wildman–Crippen MR) is 175 cm³/mol. The normalized spacial score (nSPS) is 25.1. The number of anilines is 1. The lowest BCUT2D eigenvalue weighted by Crippen LogP contribution is -2.40. The average molecular weight is 713 g/mol. The van der Waals surface area contributed by atoms with Crippen molar-refractivity contribution in [3.05, 3.63) is 110 Å². The number of nitro benzene ring substituents is 1. The number of aromatic nitrogens is 1. The van der Waals surface area contributed by atoms with Gasteiger partial charge in [-0.1, -0.05) is 51.8 Å². The van der Waals surface area contributed by atoms with Gasteiger partial charge < -0.3 is 4.74 Å². The number of carbonyl (C=O) groups is 4. The van der Waals surface area contributed by atoms with Crippen molar-refractivity contribution in [1.82, 2.24) is 4.98 Å². The van der Waals surface area contributed by atoms with E-state index in [2.05, 4.69) is 28.1 Å². The molecule has 1 saturated heterocycles. The number of carbonyl (C=O) groups excluding carboxylic acids is 4. The molecule has 6 unspecified atom stereocenters. The lowest BCUT2D eigenvalue weighted by molar-refractivity contribution is -0.384. The average Bonchev–Trinajstić information content (AvgIpc) is 3.85. The minimum Gasteiger partial charge on any atom is -0.454 e. The highest BCUT2D eigenvalue weighted by molar-refractivity contribution is 9.10. The fraction of sp³-hybridized carbons (Fsp3) is 0.229. The van der Waals surface area contributed by atoms with E-state index >= 15 is 0 Å². The molecular formula is C35H23BrClN3O7. The van der Waals surface area contributed by atoms with Gasteiger partial charge in [0.1, 0.15) is 5.02 Å². The molecule has 5 aliphatic rings. The fourth-order valence-electron chi connectivity index (χ4n) is 7.63. The van der Waals surface area contributed by atoms with Gasteiger partial charge in [0.25, 0.3) is 5.69 Å². The number of Topliss-reactive ketones (excluding diaryl/α,β-unsaturated/α-hetero) is 1. The number of fused-ring (bicyclic) bond motifs is 1. The monoisotopic (exact) mass is 711 g/mol. The van der Waals surface area contributed by atoms with Gasteiger partial charge in [-0.15, -0.1) is 0 Å². The van der Waals surface area contributed by atoms with Crippen LogP contribution in [0.3, 0.4) is 0 Å². The predicted octanol–water partition coefficient (Wildman–Crippen LogP) is 6.82. The van der Waals surface area contributed by atoms with Crippen LogP contribution in [0.1, 0.15) is 27.1 Å². The summed E-state index contributed by atoms with van der Waals surface area (Å²) in [5, 5.41) is 11.6. The molecule has 47 heavy (non-hydrogen) atoms. The molecule has 0 radical (unpaired) electrons. The first-order valence-electron chi connectivity index (χ1n) is 15.0. The number of ketones is 1. The van der Waals surface area contributed by atoms with E-state index in [1.54, 1.807) is 48.5 Å². The summed E-state index contributed by atoms with van der Waals surface area (Å²) in [7, 11) is 0. The third-order valence-electron chi connectivity index (χ3n) is 9.87. The maximum Gasteiger partial charge on any atom is 0.339 e. The molecule has 4 aromatic rings. The minimum atomic E-state index is -0.790. The first kappa shape index (κ1) is 29.6. The molecule has 0 N–H and O–H groups in total. The molecule has 234 valence electrons. The molecule has 4 aliphatic carbocycles. The maximum absolute atomic E-state index is 13.6. The molecule has 10 nitrogen and oxygen atoms in total. The molecule has 3 fully saturated rings. The summed E-state index contributed by atoms with van der Waals surface area (Å²) in [5.41, 5.74) is 1.77. The van der Waals surface area contributed by atoms with Crippen molar-refractivity contribution in [2.75, 3.05) is 11.5 Å². The Labute approximate surface area is 280 Å². The zero-order chi connectivity index (χ0) is 32.7. The van der Waals surface area contributed by atoms with Gasteiger partial charge in [0.15, 0.2) is 6.61 Å². The number of esters is 1. The topological polar surface area (TPSA) is 137 Å². The number of nitrogens with zero attached hydrogens (tertiary/aromatic N) is 3. The first-order valence-corrected chi connectivity index (χ1v) is 16.2. The molecule has 2 heterocycles. The van der Waals surface area contributed by atoms with Crippen LogP contribution in [0, 0.1) is 45.6 Å². The highest BCUT2D eigenvalue weighted by Gasteiger charge is 2.67. The third kappa shape index (κ3) is 4.79. The summed E-state index contributed by atoms with van der Waals surface area (Å²) >= 11 is 9.28. The summed E-state index contributed by atoms with van der Waals surface area (Å²) in [5.74, 6) is -0.991. The SMILES string of the molecule is O=C(COC(=O)c1cc(-c2ccc(N3C(=O)C4C5C=CC(C6CC56)C4C3=O)cc2)nc2ccc(Br)cc12)c1ccc(Cl)c([N+](=O)[O-])c1. The van der Waals surface area contributed by atoms with Crippen molar-refractivity contribution in [2.24, 2.45) is 35.5 Å². The summed E-state index contributed by atoms with van der Waals surface area (Å²) < 4.78 is 6.08. The molecule has 9 rings (SSSR count). The standard InChI is InChI=1S/C35H23BrClN3O7/c36-18-4-10-27-24(12-18)25(35(44)47-15-30(41)17-3-9-26(37)29(11-17)40(45)46)14-28(38-27)16-1-5-19(6-2-16)39-33(42)31-20-7-8-21(23-13-22(20)23)32(31)34(39)43/h1-12,14,20-23,31-32H,13,15H2. The van der Waals surface area contributed by atoms with E-state index in [0.29, 0.717) is 44.2 Å². The zero-order valence-corrected chi connectivity index (χ0v) is 26.7. The molecule has 1 aromatic heterocycles. The van der Waals surface area contributed by atoms with Crippen LogP contribution in [0.25, 0.3) is 22.2 Å². The van der Waals surface area contributed by atoms with Crippen LogP contribution in [0.5, 0.6) is 0 Å². The number of hydrogen-bond donors (Lipinski definition) is 0. The molecule has 2 amide bonds. The van der Waals surface area contributed by atoms with Gasteiger partial charge in [-0.25, -0.2) is 9.78 Å². The van der Waals surface area contributed by atoms with Crippen molar-refractivity contribution >= 4 is 73.4 Å². The number of nitro groups is 1. The Balaban J connectivity index is 1.06. The van der Waals surface area contributed by atoms with E-state index in [9.17, 15) is 29.3 Å². The largest absolute Gasteiger partial charge is 0.454 e. The van der Waals surface area contributed by atoms with E-state index < -0.39 is 29.0 Å². The van der Waals surface area contributed by atoms with Crippen molar-refractivity contribution in [3.8, 4) is 11.3 Å². The van der Waals surface area contributed by atoms with Gasteiger partial charge in [-0.2, -0.15) is 0 Å². The molecule has 12 heteroatoms. The first-order chi connectivity index (χ1) is 22.6. The number of halogens is 2. The van der Waals surface area contributed by atoms with Crippen LogP contribution < -0.4 is 4.90 Å². The number of hydrogen-bond acceptors (Lipinski definition) is 8. The highest BCUT2D eigenvalue weighted by Crippen LogP contribution is 2.65. The van der Waals surface area contributed by atoms with Crippen molar-refractivity contribution in [1.29, 1.82) is 0 Å². The molecule has 1 aliphatic heterocycles. The second-order valence-electron chi connectivity index (χ2n) is 12.4. The van der Waals surface area contributed by atoms with Gasteiger partial charge >= 0.3 is 5.97 Å². The number of allylic oxidation sites excluding steroid dienone is 2. The lowest BCUT2D eigenvalue weighted by atomic mass is 9.63. The van der Waals surface area contributed by atoms with Crippen molar-refractivity contribution in [2.45, 2.75) is 6.42 Å². The second kappa shape index (κ2) is 10.9.